The van der Waals surface area contributed by atoms with Crippen molar-refractivity contribution >= 4 is 28.4 Å². The summed E-state index contributed by atoms with van der Waals surface area (Å²) in [7, 11) is 0. The van der Waals surface area contributed by atoms with Crippen molar-refractivity contribution in [2.24, 2.45) is 0 Å². The molecule has 0 aliphatic carbocycles. The van der Waals surface area contributed by atoms with E-state index in [1.807, 2.05) is 53.4 Å². The van der Waals surface area contributed by atoms with E-state index in [1.165, 1.54) is 0 Å². The van der Waals surface area contributed by atoms with E-state index < -0.39 is 0 Å². The lowest BCUT2D eigenvalue weighted by atomic mass is 10.0. The maximum atomic E-state index is 13.1. The quantitative estimate of drug-likeness (QED) is 0.699. The predicted octanol–water partition coefficient (Wildman–Crippen LogP) is 4.03. The summed E-state index contributed by atoms with van der Waals surface area (Å²) in [6, 6.07) is 17.2. The van der Waals surface area contributed by atoms with Crippen molar-refractivity contribution in [2.45, 2.75) is 0 Å². The Kier molecular flexibility index (Phi) is 4.38. The Morgan fingerprint density at radius 2 is 1.80 bits per heavy atom. The van der Waals surface area contributed by atoms with Gasteiger partial charge in [-0.05, 0) is 24.3 Å². The SMILES string of the molecule is O=C(c1cc(-c2ccccc2)nc2ccc(Cl)cc12)N1CCOCC1. The number of nitrogens with zero attached hydrogens (tertiary/aromatic N) is 2. The first-order chi connectivity index (χ1) is 12.2. The zero-order valence-corrected chi connectivity index (χ0v) is 14.4. The molecule has 3 aromatic rings. The van der Waals surface area contributed by atoms with Crippen molar-refractivity contribution in [2.75, 3.05) is 26.3 Å². The van der Waals surface area contributed by atoms with Gasteiger partial charge in [-0.15, -0.1) is 0 Å². The van der Waals surface area contributed by atoms with E-state index in [-0.39, 0.29) is 5.91 Å². The van der Waals surface area contributed by atoms with Crippen LogP contribution in [0.4, 0.5) is 0 Å². The predicted molar refractivity (Wildman–Crippen MR) is 98.9 cm³/mol. The Hall–Kier alpha value is -2.43. The van der Waals surface area contributed by atoms with E-state index in [9.17, 15) is 4.79 Å². The van der Waals surface area contributed by atoms with Gasteiger partial charge in [0.2, 0.25) is 0 Å². The smallest absolute Gasteiger partial charge is 0.254 e. The number of rotatable bonds is 2. The Labute approximate surface area is 151 Å². The molecule has 0 bridgehead atoms. The summed E-state index contributed by atoms with van der Waals surface area (Å²) in [5, 5.41) is 1.38. The van der Waals surface area contributed by atoms with E-state index in [2.05, 4.69) is 0 Å². The largest absolute Gasteiger partial charge is 0.378 e. The molecule has 1 aromatic heterocycles. The molecule has 0 spiro atoms. The fourth-order valence-electron chi connectivity index (χ4n) is 3.07. The summed E-state index contributed by atoms with van der Waals surface area (Å²) < 4.78 is 5.36. The van der Waals surface area contributed by atoms with E-state index in [0.29, 0.717) is 36.9 Å². The summed E-state index contributed by atoms with van der Waals surface area (Å²) in [6.45, 7) is 2.34. The van der Waals surface area contributed by atoms with Crippen molar-refractivity contribution < 1.29 is 9.53 Å². The number of aromatic nitrogens is 1. The topological polar surface area (TPSA) is 42.4 Å². The van der Waals surface area contributed by atoms with Crippen LogP contribution in [0, 0.1) is 0 Å². The molecule has 2 heterocycles. The Morgan fingerprint density at radius 3 is 2.56 bits per heavy atom. The van der Waals surface area contributed by atoms with E-state index in [1.54, 1.807) is 6.07 Å². The maximum absolute atomic E-state index is 13.1. The molecular formula is C20H17ClN2O2. The lowest BCUT2D eigenvalue weighted by molar-refractivity contribution is 0.0304. The van der Waals surface area contributed by atoms with Gasteiger partial charge >= 0.3 is 0 Å². The molecule has 1 aliphatic heterocycles. The van der Waals surface area contributed by atoms with Crippen molar-refractivity contribution in [3.05, 3.63) is 65.2 Å². The molecule has 0 atom stereocenters. The third-order valence-electron chi connectivity index (χ3n) is 4.37. The second-order valence-electron chi connectivity index (χ2n) is 5.99. The Bertz CT molecular complexity index is 922. The molecular weight excluding hydrogens is 336 g/mol. The molecule has 5 heteroatoms. The Morgan fingerprint density at radius 1 is 1.04 bits per heavy atom. The number of benzene rings is 2. The zero-order chi connectivity index (χ0) is 17.2. The number of carbonyl (C=O) groups excluding carboxylic acids is 1. The number of fused-ring (bicyclic) bond motifs is 1. The molecule has 0 saturated carbocycles. The van der Waals surface area contributed by atoms with Crippen LogP contribution < -0.4 is 0 Å². The Balaban J connectivity index is 1.87. The molecule has 1 aliphatic rings. The van der Waals surface area contributed by atoms with Crippen LogP contribution in [0.1, 0.15) is 10.4 Å². The summed E-state index contributed by atoms with van der Waals surface area (Å²) in [6.07, 6.45) is 0. The third-order valence-corrected chi connectivity index (χ3v) is 4.60. The van der Waals surface area contributed by atoms with Crippen molar-refractivity contribution in [1.82, 2.24) is 9.88 Å². The molecule has 1 saturated heterocycles. The van der Waals surface area contributed by atoms with Crippen LogP contribution in [0.5, 0.6) is 0 Å². The fourth-order valence-corrected chi connectivity index (χ4v) is 3.24. The second-order valence-corrected chi connectivity index (χ2v) is 6.42. The maximum Gasteiger partial charge on any atom is 0.254 e. The van der Waals surface area contributed by atoms with Gasteiger partial charge in [-0.3, -0.25) is 4.79 Å². The van der Waals surface area contributed by atoms with Gasteiger partial charge in [0.15, 0.2) is 0 Å². The van der Waals surface area contributed by atoms with Crippen LogP contribution >= 0.6 is 11.6 Å². The molecule has 126 valence electrons. The highest BCUT2D eigenvalue weighted by Crippen LogP contribution is 2.28. The van der Waals surface area contributed by atoms with Crippen LogP contribution in [0.3, 0.4) is 0 Å². The van der Waals surface area contributed by atoms with Gasteiger partial charge in [-0.1, -0.05) is 41.9 Å². The number of amides is 1. The van der Waals surface area contributed by atoms with Gasteiger partial charge in [0, 0.05) is 29.1 Å². The molecule has 1 fully saturated rings. The van der Waals surface area contributed by atoms with Gasteiger partial charge in [0.05, 0.1) is 30.0 Å². The summed E-state index contributed by atoms with van der Waals surface area (Å²) in [4.78, 5) is 19.7. The van der Waals surface area contributed by atoms with Gasteiger partial charge in [-0.25, -0.2) is 4.98 Å². The molecule has 0 radical (unpaired) electrons. The van der Waals surface area contributed by atoms with Crippen LogP contribution in [-0.2, 0) is 4.74 Å². The van der Waals surface area contributed by atoms with Crippen molar-refractivity contribution in [1.29, 1.82) is 0 Å². The van der Waals surface area contributed by atoms with Crippen molar-refractivity contribution in [3.8, 4) is 11.3 Å². The summed E-state index contributed by atoms with van der Waals surface area (Å²) in [5.41, 5.74) is 3.16. The van der Waals surface area contributed by atoms with Gasteiger partial charge < -0.3 is 9.64 Å². The summed E-state index contributed by atoms with van der Waals surface area (Å²) in [5.74, 6) is -0.00449. The number of hydrogen-bond acceptors (Lipinski definition) is 3. The fraction of sp³-hybridized carbons (Fsp3) is 0.200. The first kappa shape index (κ1) is 16.1. The van der Waals surface area contributed by atoms with E-state index >= 15 is 0 Å². The average Bonchev–Trinajstić information content (AvgIpc) is 2.68. The average molecular weight is 353 g/mol. The number of halogens is 1. The zero-order valence-electron chi connectivity index (χ0n) is 13.6. The number of ether oxygens (including phenoxy) is 1. The molecule has 25 heavy (non-hydrogen) atoms. The standard InChI is InChI=1S/C20H17ClN2O2/c21-15-6-7-18-16(12-15)17(20(24)23-8-10-25-11-9-23)13-19(22-18)14-4-2-1-3-5-14/h1-7,12-13H,8-11H2. The minimum Gasteiger partial charge on any atom is -0.378 e. The highest BCUT2D eigenvalue weighted by Gasteiger charge is 2.22. The first-order valence-electron chi connectivity index (χ1n) is 8.25. The normalized spacial score (nSPS) is 14.7. The number of carbonyl (C=O) groups is 1. The van der Waals surface area contributed by atoms with E-state index in [4.69, 9.17) is 21.3 Å². The number of morpholine rings is 1. The molecule has 0 N–H and O–H groups in total. The molecule has 1 amide bonds. The van der Waals surface area contributed by atoms with Crippen LogP contribution in [0.2, 0.25) is 5.02 Å². The third kappa shape index (κ3) is 3.23. The minimum atomic E-state index is -0.00449. The lowest BCUT2D eigenvalue weighted by Crippen LogP contribution is -2.40. The van der Waals surface area contributed by atoms with Gasteiger partial charge in [0.25, 0.3) is 5.91 Å². The highest BCUT2D eigenvalue weighted by molar-refractivity contribution is 6.31. The molecule has 4 rings (SSSR count). The minimum absolute atomic E-state index is 0.00449. The van der Waals surface area contributed by atoms with Gasteiger partial charge in [0.1, 0.15) is 0 Å². The second kappa shape index (κ2) is 6.82. The molecule has 2 aromatic carbocycles. The highest BCUT2D eigenvalue weighted by atomic mass is 35.5. The van der Waals surface area contributed by atoms with Gasteiger partial charge in [-0.2, -0.15) is 0 Å². The summed E-state index contributed by atoms with van der Waals surface area (Å²) >= 11 is 6.17. The lowest BCUT2D eigenvalue weighted by Gasteiger charge is -2.27. The number of pyridine rings is 1. The molecule has 0 unspecified atom stereocenters. The number of hydrogen-bond donors (Lipinski definition) is 0. The van der Waals surface area contributed by atoms with E-state index in [0.717, 1.165) is 22.2 Å². The first-order valence-corrected chi connectivity index (χ1v) is 8.63. The van der Waals surface area contributed by atoms with Crippen LogP contribution in [0.15, 0.2) is 54.6 Å². The van der Waals surface area contributed by atoms with Crippen LogP contribution in [0.25, 0.3) is 22.2 Å². The molecule has 4 nitrogen and oxygen atoms in total. The van der Waals surface area contributed by atoms with Crippen molar-refractivity contribution in [3.63, 3.8) is 0 Å². The van der Waals surface area contributed by atoms with Crippen LogP contribution in [-0.4, -0.2) is 42.1 Å². The monoisotopic (exact) mass is 352 g/mol.